The van der Waals surface area contributed by atoms with Crippen molar-refractivity contribution in [1.29, 1.82) is 0 Å². The minimum absolute atomic E-state index is 0.0183. The highest BCUT2D eigenvalue weighted by atomic mass is 35.5. The van der Waals surface area contributed by atoms with Gasteiger partial charge in [0.2, 0.25) is 11.8 Å². The van der Waals surface area contributed by atoms with Crippen LogP contribution in [-0.2, 0) is 26.2 Å². The maximum absolute atomic E-state index is 14.1. The van der Waals surface area contributed by atoms with Crippen LogP contribution in [0.4, 0.5) is 10.1 Å². The molecule has 3 aromatic rings. The predicted molar refractivity (Wildman–Crippen MR) is 163 cm³/mol. The molecule has 0 heterocycles. The Bertz CT molecular complexity index is 1480. The van der Waals surface area contributed by atoms with Crippen LogP contribution in [0, 0.1) is 5.82 Å². The normalized spacial score (nSPS) is 14.7. The molecular formula is C31H34Cl2FN3O4S. The summed E-state index contributed by atoms with van der Waals surface area (Å²) in [6, 6.07) is 17.2. The molecule has 1 atom stereocenters. The highest BCUT2D eigenvalue weighted by Gasteiger charge is 2.34. The number of anilines is 1. The molecule has 1 N–H and O–H groups in total. The predicted octanol–water partition coefficient (Wildman–Crippen LogP) is 6.58. The van der Waals surface area contributed by atoms with Crippen molar-refractivity contribution in [1.82, 2.24) is 10.2 Å². The molecule has 7 nitrogen and oxygen atoms in total. The van der Waals surface area contributed by atoms with Crippen LogP contribution in [0.2, 0.25) is 10.0 Å². The molecule has 2 amide bonds. The van der Waals surface area contributed by atoms with Crippen LogP contribution < -0.4 is 9.62 Å². The highest BCUT2D eigenvalue weighted by Crippen LogP contribution is 2.28. The van der Waals surface area contributed by atoms with Crippen molar-refractivity contribution >= 4 is 50.7 Å². The Kier molecular flexibility index (Phi) is 10.9. The van der Waals surface area contributed by atoms with Gasteiger partial charge in [-0.15, -0.1) is 0 Å². The number of carbonyl (C=O) groups excluding carboxylic acids is 2. The third-order valence-electron chi connectivity index (χ3n) is 7.40. The molecular weight excluding hydrogens is 600 g/mol. The summed E-state index contributed by atoms with van der Waals surface area (Å²) >= 11 is 12.1. The zero-order valence-corrected chi connectivity index (χ0v) is 25.6. The Morgan fingerprint density at radius 2 is 1.64 bits per heavy atom. The number of amides is 2. The first kappa shape index (κ1) is 31.8. The van der Waals surface area contributed by atoms with Gasteiger partial charge in [0.25, 0.3) is 10.0 Å². The first-order chi connectivity index (χ1) is 20.1. The topological polar surface area (TPSA) is 86.8 Å². The Balaban J connectivity index is 1.71. The highest BCUT2D eigenvalue weighted by molar-refractivity contribution is 7.92. The fourth-order valence-corrected chi connectivity index (χ4v) is 6.87. The lowest BCUT2D eigenvalue weighted by molar-refractivity contribution is -0.140. The summed E-state index contributed by atoms with van der Waals surface area (Å²) < 4.78 is 42.6. The summed E-state index contributed by atoms with van der Waals surface area (Å²) in [6.45, 7) is 1.22. The average Bonchev–Trinajstić information content (AvgIpc) is 2.99. The van der Waals surface area contributed by atoms with Crippen molar-refractivity contribution in [2.45, 2.75) is 69.0 Å². The van der Waals surface area contributed by atoms with E-state index in [9.17, 15) is 22.4 Å². The Morgan fingerprint density at radius 1 is 0.976 bits per heavy atom. The number of halogens is 3. The maximum Gasteiger partial charge on any atom is 0.264 e. The molecule has 4 rings (SSSR count). The number of nitrogens with zero attached hydrogens (tertiary/aromatic N) is 2. The van der Waals surface area contributed by atoms with E-state index < -0.39 is 34.3 Å². The standard InChI is InChI=1S/C31H34Cl2FN3O4S/c1-2-29(31(39)35-24-9-5-3-6-10-24)36(20-22-13-15-23(32)16-14-22)30(38)21-37(25-17-18-28(34)27(33)19-25)42(40,41)26-11-7-4-8-12-26/h4,7-8,11-19,24,29H,2-3,5-6,9-10,20-21H2,1H3,(H,35,39). The van der Waals surface area contributed by atoms with E-state index in [1.807, 2.05) is 6.92 Å². The third kappa shape index (κ3) is 7.82. The summed E-state index contributed by atoms with van der Waals surface area (Å²) in [6.07, 6.45) is 5.25. The fraction of sp³-hybridized carbons (Fsp3) is 0.355. The third-order valence-corrected chi connectivity index (χ3v) is 9.73. The second kappa shape index (κ2) is 14.4. The number of hydrogen-bond acceptors (Lipinski definition) is 4. The maximum atomic E-state index is 14.1. The quantitative estimate of drug-likeness (QED) is 0.258. The van der Waals surface area contributed by atoms with Crippen molar-refractivity contribution in [3.63, 3.8) is 0 Å². The first-order valence-corrected chi connectivity index (χ1v) is 16.2. The molecule has 224 valence electrons. The molecule has 1 aliphatic rings. The van der Waals surface area contributed by atoms with Gasteiger partial charge in [-0.05, 0) is 67.3 Å². The minimum atomic E-state index is -4.28. The van der Waals surface area contributed by atoms with Crippen LogP contribution in [0.15, 0.2) is 77.7 Å². The second-order valence-electron chi connectivity index (χ2n) is 10.3. The Morgan fingerprint density at radius 3 is 2.26 bits per heavy atom. The van der Waals surface area contributed by atoms with Crippen LogP contribution in [0.1, 0.15) is 51.0 Å². The van der Waals surface area contributed by atoms with Gasteiger partial charge in [-0.25, -0.2) is 12.8 Å². The van der Waals surface area contributed by atoms with Gasteiger partial charge in [-0.2, -0.15) is 0 Å². The van der Waals surface area contributed by atoms with Crippen LogP contribution in [-0.4, -0.2) is 43.8 Å². The molecule has 11 heteroatoms. The number of hydrogen-bond donors (Lipinski definition) is 1. The molecule has 0 aliphatic heterocycles. The minimum Gasteiger partial charge on any atom is -0.352 e. The molecule has 0 spiro atoms. The molecule has 1 saturated carbocycles. The molecule has 0 radical (unpaired) electrons. The number of rotatable bonds is 11. The van der Waals surface area contributed by atoms with Gasteiger partial charge < -0.3 is 10.2 Å². The van der Waals surface area contributed by atoms with Crippen LogP contribution >= 0.6 is 23.2 Å². The van der Waals surface area contributed by atoms with Crippen molar-refractivity contribution in [3.8, 4) is 0 Å². The summed E-state index contributed by atoms with van der Waals surface area (Å²) in [4.78, 5) is 29.1. The van der Waals surface area contributed by atoms with Crippen LogP contribution in [0.5, 0.6) is 0 Å². The van der Waals surface area contributed by atoms with Crippen molar-refractivity contribution < 1.29 is 22.4 Å². The molecule has 42 heavy (non-hydrogen) atoms. The van der Waals surface area contributed by atoms with Gasteiger partial charge in [0.05, 0.1) is 15.6 Å². The van der Waals surface area contributed by atoms with Crippen molar-refractivity contribution in [2.75, 3.05) is 10.8 Å². The summed E-state index contributed by atoms with van der Waals surface area (Å²) in [5.41, 5.74) is 0.740. The van der Waals surface area contributed by atoms with E-state index in [0.29, 0.717) is 11.4 Å². The largest absolute Gasteiger partial charge is 0.352 e. The Hall–Kier alpha value is -3.14. The molecule has 0 saturated heterocycles. The lowest BCUT2D eigenvalue weighted by Crippen LogP contribution is -2.54. The first-order valence-electron chi connectivity index (χ1n) is 14.0. The monoisotopic (exact) mass is 633 g/mol. The van der Waals surface area contributed by atoms with Crippen LogP contribution in [0.25, 0.3) is 0 Å². The zero-order chi connectivity index (χ0) is 30.3. The van der Waals surface area contributed by atoms with Crippen molar-refractivity contribution in [3.05, 3.63) is 94.2 Å². The van der Waals surface area contributed by atoms with E-state index >= 15 is 0 Å². The number of sulfonamides is 1. The molecule has 3 aromatic carbocycles. The molecule has 1 unspecified atom stereocenters. The van der Waals surface area contributed by atoms with Crippen molar-refractivity contribution in [2.24, 2.45) is 0 Å². The molecule has 1 fully saturated rings. The van der Waals surface area contributed by atoms with E-state index in [1.54, 1.807) is 42.5 Å². The molecule has 0 aromatic heterocycles. The summed E-state index contributed by atoms with van der Waals surface area (Å²) in [5.74, 6) is -1.61. The van der Waals surface area contributed by atoms with Gasteiger partial charge >= 0.3 is 0 Å². The fourth-order valence-electron chi connectivity index (χ4n) is 5.14. The number of nitrogens with one attached hydrogen (secondary N) is 1. The lowest BCUT2D eigenvalue weighted by Gasteiger charge is -2.34. The molecule has 1 aliphatic carbocycles. The average molecular weight is 635 g/mol. The van der Waals surface area contributed by atoms with E-state index in [2.05, 4.69) is 5.32 Å². The van der Waals surface area contributed by atoms with Gasteiger partial charge in [0, 0.05) is 17.6 Å². The van der Waals surface area contributed by atoms with Crippen LogP contribution in [0.3, 0.4) is 0 Å². The van der Waals surface area contributed by atoms with E-state index in [4.69, 9.17) is 23.2 Å². The van der Waals surface area contributed by atoms with Gasteiger partial charge in [0.1, 0.15) is 18.4 Å². The van der Waals surface area contributed by atoms with E-state index in [-0.39, 0.29) is 34.1 Å². The number of benzene rings is 3. The second-order valence-corrected chi connectivity index (χ2v) is 13.0. The zero-order valence-electron chi connectivity index (χ0n) is 23.3. The lowest BCUT2D eigenvalue weighted by atomic mass is 9.95. The van der Waals surface area contributed by atoms with Gasteiger partial charge in [-0.1, -0.05) is 79.7 Å². The van der Waals surface area contributed by atoms with E-state index in [1.165, 1.54) is 29.2 Å². The van der Waals surface area contributed by atoms with E-state index in [0.717, 1.165) is 48.0 Å². The SMILES string of the molecule is CCC(C(=O)NC1CCCCC1)N(Cc1ccc(Cl)cc1)C(=O)CN(c1ccc(F)c(Cl)c1)S(=O)(=O)c1ccccc1. The smallest absolute Gasteiger partial charge is 0.264 e. The summed E-state index contributed by atoms with van der Waals surface area (Å²) in [7, 11) is -4.28. The van der Waals surface area contributed by atoms with Gasteiger partial charge in [0.15, 0.2) is 0 Å². The molecule has 0 bridgehead atoms. The number of carbonyl (C=O) groups is 2. The van der Waals surface area contributed by atoms with Gasteiger partial charge in [-0.3, -0.25) is 13.9 Å². The Labute approximate surface area is 256 Å². The summed E-state index contributed by atoms with van der Waals surface area (Å²) in [5, 5.41) is 3.34.